The van der Waals surface area contributed by atoms with Gasteiger partial charge in [0.05, 0.1) is 18.4 Å². The molecule has 0 radical (unpaired) electrons. The first-order chi connectivity index (χ1) is 16.1. The van der Waals surface area contributed by atoms with Gasteiger partial charge in [0, 0.05) is 24.1 Å². The Labute approximate surface area is 201 Å². The normalized spacial score (nSPS) is 10.6. The molecular weight excluding hydrogens is 516 g/mol. The predicted molar refractivity (Wildman–Crippen MR) is 122 cm³/mol. The van der Waals surface area contributed by atoms with Crippen molar-refractivity contribution in [1.29, 1.82) is 0 Å². The van der Waals surface area contributed by atoms with Crippen LogP contribution in [0.15, 0.2) is 45.7 Å². The van der Waals surface area contributed by atoms with Crippen molar-refractivity contribution in [2.45, 2.75) is 27.1 Å². The zero-order valence-corrected chi connectivity index (χ0v) is 20.0. The minimum atomic E-state index is -0.813. The Morgan fingerprint density at radius 3 is 2.47 bits per heavy atom. The van der Waals surface area contributed by atoms with Crippen LogP contribution in [0.5, 0.6) is 5.75 Å². The topological polar surface area (TPSA) is 94.7 Å². The van der Waals surface area contributed by atoms with Gasteiger partial charge in [0.25, 0.3) is 5.56 Å². The summed E-state index contributed by atoms with van der Waals surface area (Å²) in [7, 11) is 1.25. The molecule has 0 saturated heterocycles. The highest BCUT2D eigenvalue weighted by Crippen LogP contribution is 2.39. The molecule has 0 bridgehead atoms. The molecule has 3 rings (SSSR count). The van der Waals surface area contributed by atoms with Crippen LogP contribution in [0.3, 0.4) is 0 Å². The lowest BCUT2D eigenvalue weighted by Crippen LogP contribution is -2.16. The van der Waals surface area contributed by atoms with Crippen molar-refractivity contribution in [3.63, 3.8) is 0 Å². The standard InChI is InChI=1S/C24H20BrF2NO6/c1-12-4-5-14(24(31)32-3)8-17(12)20-19(11-33-13(2)29)28-23(30)21(25)22(20)34-10-15-6-7-16(26)9-18(15)27/h4-9H,10-11H2,1-3H3,(H,28,30). The zero-order chi connectivity index (χ0) is 25.0. The van der Waals surface area contributed by atoms with Gasteiger partial charge in [-0.3, -0.25) is 9.59 Å². The summed E-state index contributed by atoms with van der Waals surface area (Å²) in [5.74, 6) is -2.68. The summed E-state index contributed by atoms with van der Waals surface area (Å²) in [4.78, 5) is 38.8. The van der Waals surface area contributed by atoms with Crippen molar-refractivity contribution in [1.82, 2.24) is 4.98 Å². The van der Waals surface area contributed by atoms with Gasteiger partial charge in [0.15, 0.2) is 0 Å². The van der Waals surface area contributed by atoms with Gasteiger partial charge in [0.1, 0.15) is 35.1 Å². The molecule has 34 heavy (non-hydrogen) atoms. The molecule has 0 aliphatic heterocycles. The number of methoxy groups -OCH3 is 1. The Kier molecular flexibility index (Phi) is 7.83. The number of aromatic nitrogens is 1. The third kappa shape index (κ3) is 5.51. The van der Waals surface area contributed by atoms with Crippen LogP contribution in [0.25, 0.3) is 11.1 Å². The number of rotatable bonds is 7. The number of benzene rings is 2. The fourth-order valence-corrected chi connectivity index (χ4v) is 3.64. The molecule has 0 saturated carbocycles. The number of ether oxygens (including phenoxy) is 3. The maximum atomic E-state index is 14.2. The fourth-order valence-electron chi connectivity index (χ4n) is 3.23. The molecule has 3 aromatic rings. The van der Waals surface area contributed by atoms with Gasteiger partial charge in [-0.2, -0.15) is 0 Å². The van der Waals surface area contributed by atoms with Crippen molar-refractivity contribution in [2.24, 2.45) is 0 Å². The second kappa shape index (κ2) is 10.6. The van der Waals surface area contributed by atoms with E-state index in [0.717, 1.165) is 12.1 Å². The molecule has 7 nitrogen and oxygen atoms in total. The summed E-state index contributed by atoms with van der Waals surface area (Å²) >= 11 is 3.21. The monoisotopic (exact) mass is 535 g/mol. The van der Waals surface area contributed by atoms with Crippen LogP contribution in [0.2, 0.25) is 0 Å². The van der Waals surface area contributed by atoms with Crippen LogP contribution in [0, 0.1) is 18.6 Å². The predicted octanol–water partition coefficient (Wildman–Crippen LogP) is 4.82. The first-order valence-corrected chi connectivity index (χ1v) is 10.8. The van der Waals surface area contributed by atoms with E-state index >= 15 is 0 Å². The van der Waals surface area contributed by atoms with Gasteiger partial charge in [-0.15, -0.1) is 0 Å². The van der Waals surface area contributed by atoms with Crippen molar-refractivity contribution in [2.75, 3.05) is 7.11 Å². The summed E-state index contributed by atoms with van der Waals surface area (Å²) in [6.07, 6.45) is 0. The smallest absolute Gasteiger partial charge is 0.337 e. The average Bonchev–Trinajstić information content (AvgIpc) is 2.79. The molecule has 178 valence electrons. The van der Waals surface area contributed by atoms with E-state index in [1.165, 1.54) is 20.1 Å². The number of hydrogen-bond acceptors (Lipinski definition) is 6. The van der Waals surface area contributed by atoms with Crippen LogP contribution in [0.1, 0.15) is 34.1 Å². The van der Waals surface area contributed by atoms with Gasteiger partial charge >= 0.3 is 11.9 Å². The molecule has 10 heteroatoms. The molecule has 0 atom stereocenters. The largest absolute Gasteiger partial charge is 0.487 e. The van der Waals surface area contributed by atoms with Gasteiger partial charge in [0.2, 0.25) is 0 Å². The number of aromatic amines is 1. The maximum absolute atomic E-state index is 14.2. The van der Waals surface area contributed by atoms with Gasteiger partial charge in [-0.25, -0.2) is 13.6 Å². The highest BCUT2D eigenvalue weighted by atomic mass is 79.9. The van der Waals surface area contributed by atoms with Crippen LogP contribution in [0.4, 0.5) is 8.78 Å². The molecule has 0 aliphatic carbocycles. The lowest BCUT2D eigenvalue weighted by molar-refractivity contribution is -0.142. The Morgan fingerprint density at radius 1 is 1.09 bits per heavy atom. The van der Waals surface area contributed by atoms with E-state index in [0.29, 0.717) is 16.7 Å². The lowest BCUT2D eigenvalue weighted by Gasteiger charge is -2.19. The van der Waals surface area contributed by atoms with Gasteiger partial charge < -0.3 is 19.2 Å². The number of aryl methyl sites for hydroxylation is 1. The van der Waals surface area contributed by atoms with Crippen molar-refractivity contribution in [3.05, 3.63) is 85.2 Å². The number of pyridine rings is 1. The van der Waals surface area contributed by atoms with Crippen molar-refractivity contribution in [3.8, 4) is 16.9 Å². The van der Waals surface area contributed by atoms with E-state index in [1.54, 1.807) is 25.1 Å². The number of esters is 2. The van der Waals surface area contributed by atoms with E-state index in [4.69, 9.17) is 14.2 Å². The molecule has 1 aromatic heterocycles. The molecule has 1 heterocycles. The molecule has 0 spiro atoms. The van der Waals surface area contributed by atoms with E-state index in [9.17, 15) is 23.2 Å². The van der Waals surface area contributed by atoms with Crippen LogP contribution in [-0.2, 0) is 27.5 Å². The number of H-pyrrole nitrogens is 1. The minimum Gasteiger partial charge on any atom is -0.487 e. The highest BCUT2D eigenvalue weighted by molar-refractivity contribution is 9.10. The van der Waals surface area contributed by atoms with E-state index in [-0.39, 0.29) is 40.3 Å². The molecule has 0 unspecified atom stereocenters. The fraction of sp³-hybridized carbons (Fsp3) is 0.208. The third-order valence-electron chi connectivity index (χ3n) is 4.93. The van der Waals surface area contributed by atoms with Crippen LogP contribution >= 0.6 is 15.9 Å². The first-order valence-electron chi connectivity index (χ1n) is 9.96. The second-order valence-electron chi connectivity index (χ2n) is 7.28. The average molecular weight is 536 g/mol. The third-order valence-corrected chi connectivity index (χ3v) is 5.65. The maximum Gasteiger partial charge on any atom is 0.337 e. The number of carbonyl (C=O) groups excluding carboxylic acids is 2. The SMILES string of the molecule is COC(=O)c1ccc(C)c(-c2c(COC(C)=O)[nH]c(=O)c(Br)c2OCc2ccc(F)cc2F)c1. The number of hydrogen-bond donors (Lipinski definition) is 1. The number of halogens is 3. The molecule has 2 aromatic carbocycles. The highest BCUT2D eigenvalue weighted by Gasteiger charge is 2.23. The van der Waals surface area contributed by atoms with Gasteiger partial charge in [-0.1, -0.05) is 6.07 Å². The Hall–Kier alpha value is -3.53. The van der Waals surface area contributed by atoms with Gasteiger partial charge in [-0.05, 0) is 58.2 Å². The van der Waals surface area contributed by atoms with E-state index in [1.807, 2.05) is 0 Å². The summed E-state index contributed by atoms with van der Waals surface area (Å²) in [6.45, 7) is 2.36. The van der Waals surface area contributed by atoms with Crippen LogP contribution < -0.4 is 10.3 Å². The molecular formula is C24H20BrF2NO6. The number of nitrogens with one attached hydrogen (secondary N) is 1. The summed E-state index contributed by atoms with van der Waals surface area (Å²) in [5.41, 5.74) is 1.41. The van der Waals surface area contributed by atoms with E-state index in [2.05, 4.69) is 20.9 Å². The second-order valence-corrected chi connectivity index (χ2v) is 8.07. The summed E-state index contributed by atoms with van der Waals surface area (Å²) in [6, 6.07) is 7.84. The Balaban J connectivity index is 2.21. The number of carbonyl (C=O) groups is 2. The molecule has 1 N–H and O–H groups in total. The van der Waals surface area contributed by atoms with Crippen molar-refractivity contribution >= 4 is 27.9 Å². The Bertz CT molecular complexity index is 1320. The first kappa shape index (κ1) is 25.1. The molecule has 0 amide bonds. The van der Waals surface area contributed by atoms with Crippen molar-refractivity contribution < 1.29 is 32.6 Å². The summed E-state index contributed by atoms with van der Waals surface area (Å²) in [5, 5.41) is 0. The zero-order valence-electron chi connectivity index (χ0n) is 18.5. The molecule has 0 aliphatic rings. The minimum absolute atomic E-state index is 0.000494. The van der Waals surface area contributed by atoms with Crippen LogP contribution in [-0.4, -0.2) is 24.0 Å². The quantitative estimate of drug-likeness (QED) is 0.436. The molecule has 0 fully saturated rings. The Morgan fingerprint density at radius 2 is 1.82 bits per heavy atom. The summed E-state index contributed by atoms with van der Waals surface area (Å²) < 4.78 is 43.2. The van der Waals surface area contributed by atoms with E-state index < -0.39 is 29.1 Å². The lowest BCUT2D eigenvalue weighted by atomic mass is 9.96.